The summed E-state index contributed by atoms with van der Waals surface area (Å²) in [7, 11) is 1.43. The van der Waals surface area contributed by atoms with Crippen LogP contribution in [-0.2, 0) is 30.7 Å². The number of nitrogens with zero attached hydrogens (tertiary/aromatic N) is 3. The largest absolute Gasteiger partial charge is 0.489 e. The van der Waals surface area contributed by atoms with Gasteiger partial charge in [0.2, 0.25) is 0 Å². The molecule has 6 nitrogen and oxygen atoms in total. The first kappa shape index (κ1) is 28.1. The van der Waals surface area contributed by atoms with Crippen molar-refractivity contribution in [1.82, 2.24) is 14.5 Å². The molecule has 1 fully saturated rings. The average molecular weight is 584 g/mol. The zero-order chi connectivity index (χ0) is 29.9. The molecule has 2 aliphatic heterocycles. The van der Waals surface area contributed by atoms with Crippen LogP contribution in [0.25, 0.3) is 16.3 Å². The van der Waals surface area contributed by atoms with E-state index in [9.17, 15) is 4.79 Å². The van der Waals surface area contributed by atoms with Gasteiger partial charge in [0.1, 0.15) is 23.9 Å². The van der Waals surface area contributed by atoms with Crippen molar-refractivity contribution in [2.75, 3.05) is 26.7 Å². The zero-order valence-electron chi connectivity index (χ0n) is 25.2. The number of rotatable bonds is 7. The van der Waals surface area contributed by atoms with E-state index in [0.29, 0.717) is 18.8 Å². The van der Waals surface area contributed by atoms with E-state index >= 15 is 0 Å². The van der Waals surface area contributed by atoms with Gasteiger partial charge in [0.15, 0.2) is 0 Å². The molecular weight excluding hydrogens is 546 g/mol. The lowest BCUT2D eigenvalue weighted by Crippen LogP contribution is -2.33. The number of piperidine rings is 1. The number of benzene rings is 4. The Labute approximate surface area is 258 Å². The van der Waals surface area contributed by atoms with Crippen LogP contribution in [-0.4, -0.2) is 47.2 Å². The van der Waals surface area contributed by atoms with Gasteiger partial charge in [-0.25, -0.2) is 9.78 Å². The predicted molar refractivity (Wildman–Crippen MR) is 174 cm³/mol. The van der Waals surface area contributed by atoms with Gasteiger partial charge in [-0.15, -0.1) is 0 Å². The van der Waals surface area contributed by atoms with Crippen molar-refractivity contribution >= 4 is 22.3 Å². The van der Waals surface area contributed by atoms with Gasteiger partial charge in [0, 0.05) is 31.8 Å². The zero-order valence-corrected chi connectivity index (χ0v) is 25.2. The van der Waals surface area contributed by atoms with Crippen LogP contribution in [0.3, 0.4) is 0 Å². The van der Waals surface area contributed by atoms with Gasteiger partial charge in [-0.1, -0.05) is 84.4 Å². The lowest BCUT2D eigenvalue weighted by Gasteiger charge is -2.30. The molecule has 2 aliphatic rings. The number of imidazole rings is 1. The van der Waals surface area contributed by atoms with Crippen molar-refractivity contribution in [1.29, 1.82) is 0 Å². The highest BCUT2D eigenvalue weighted by atomic mass is 16.5. The Morgan fingerprint density at radius 1 is 0.841 bits per heavy atom. The monoisotopic (exact) mass is 583 g/mol. The molecule has 0 amide bonds. The van der Waals surface area contributed by atoms with Crippen LogP contribution >= 0.6 is 0 Å². The number of carbonyl (C=O) groups is 1. The van der Waals surface area contributed by atoms with Crippen molar-refractivity contribution in [3.05, 3.63) is 137 Å². The van der Waals surface area contributed by atoms with Crippen molar-refractivity contribution in [2.24, 2.45) is 0 Å². The van der Waals surface area contributed by atoms with E-state index in [1.807, 2.05) is 0 Å². The summed E-state index contributed by atoms with van der Waals surface area (Å²) < 4.78 is 13.3. The molecule has 0 saturated carbocycles. The van der Waals surface area contributed by atoms with Gasteiger partial charge in [0.25, 0.3) is 0 Å². The molecule has 0 unspecified atom stereocenters. The molecule has 1 saturated heterocycles. The smallest absolute Gasteiger partial charge is 0.356 e. The van der Waals surface area contributed by atoms with E-state index in [0.717, 1.165) is 56.9 Å². The Bertz CT molecular complexity index is 1820. The van der Waals surface area contributed by atoms with E-state index in [2.05, 4.69) is 100 Å². The van der Waals surface area contributed by atoms with Gasteiger partial charge in [-0.3, -0.25) is 0 Å². The van der Waals surface area contributed by atoms with Crippen molar-refractivity contribution in [2.45, 2.75) is 38.8 Å². The predicted octanol–water partition coefficient (Wildman–Crippen LogP) is 7.10. The summed E-state index contributed by atoms with van der Waals surface area (Å²) in [5.74, 6) is 1.45. The van der Waals surface area contributed by atoms with Crippen LogP contribution in [0.15, 0.2) is 103 Å². The third-order valence-corrected chi connectivity index (χ3v) is 9.09. The highest BCUT2D eigenvalue weighted by molar-refractivity contribution is 5.90. The number of carbonyl (C=O) groups excluding carboxylic acids is 1. The second kappa shape index (κ2) is 12.5. The molecule has 1 aromatic heterocycles. The number of likely N-dealkylation sites (tertiary alicyclic amines) is 1. The Morgan fingerprint density at radius 3 is 2.45 bits per heavy atom. The van der Waals surface area contributed by atoms with E-state index < -0.39 is 0 Å². The van der Waals surface area contributed by atoms with Gasteiger partial charge < -0.3 is 18.9 Å². The molecule has 3 heterocycles. The van der Waals surface area contributed by atoms with Gasteiger partial charge >= 0.3 is 5.97 Å². The molecule has 44 heavy (non-hydrogen) atoms. The maximum Gasteiger partial charge on any atom is 0.356 e. The van der Waals surface area contributed by atoms with Crippen LogP contribution < -0.4 is 4.74 Å². The third kappa shape index (κ3) is 5.65. The molecule has 0 N–H and O–H groups in total. The number of esters is 1. The number of ether oxygens (including phenoxy) is 2. The van der Waals surface area contributed by atoms with E-state index in [1.165, 1.54) is 51.3 Å². The quantitative estimate of drug-likeness (QED) is 0.191. The maximum absolute atomic E-state index is 12.5. The Morgan fingerprint density at radius 2 is 1.61 bits per heavy atom. The second-order valence-corrected chi connectivity index (χ2v) is 11.7. The number of methoxy groups -OCH3 is 1. The Hall–Kier alpha value is -4.68. The van der Waals surface area contributed by atoms with Gasteiger partial charge in [-0.05, 0) is 70.8 Å². The van der Waals surface area contributed by atoms with Crippen LogP contribution in [0, 0.1) is 0 Å². The second-order valence-electron chi connectivity index (χ2n) is 11.7. The normalized spacial score (nSPS) is 15.0. The fourth-order valence-corrected chi connectivity index (χ4v) is 6.67. The van der Waals surface area contributed by atoms with Crippen LogP contribution in [0.2, 0.25) is 0 Å². The minimum Gasteiger partial charge on any atom is -0.489 e. The minimum absolute atomic E-state index is 0.335. The number of aryl methyl sites for hydroxylation is 1. The summed E-state index contributed by atoms with van der Waals surface area (Å²) in [6.07, 6.45) is 5.52. The van der Waals surface area contributed by atoms with Crippen LogP contribution in [0.1, 0.15) is 51.4 Å². The molecule has 0 bridgehead atoms. The number of hydrogen-bond acceptors (Lipinski definition) is 5. The lowest BCUT2D eigenvalue weighted by atomic mass is 9.90. The van der Waals surface area contributed by atoms with Gasteiger partial charge in [0.05, 0.1) is 13.3 Å². The molecule has 0 spiro atoms. The molecule has 0 aliphatic carbocycles. The van der Waals surface area contributed by atoms with Crippen molar-refractivity contribution < 1.29 is 14.3 Å². The van der Waals surface area contributed by atoms with Gasteiger partial charge in [-0.2, -0.15) is 0 Å². The third-order valence-electron chi connectivity index (χ3n) is 9.09. The van der Waals surface area contributed by atoms with Crippen LogP contribution in [0.4, 0.5) is 0 Å². The molecule has 222 valence electrons. The first-order chi connectivity index (χ1) is 21.7. The molecular formula is C38H37N3O3. The van der Waals surface area contributed by atoms with E-state index in [-0.39, 0.29) is 5.97 Å². The van der Waals surface area contributed by atoms with Crippen molar-refractivity contribution in [3.63, 3.8) is 0 Å². The molecule has 0 radical (unpaired) electrons. The SMILES string of the molecule is COC(=O)c1cnc2n1CCc1ccccc1C2=C1CCN(CCc2ccc(OCc3cccc4ccccc34)cc2)CC1. The van der Waals surface area contributed by atoms with E-state index in [4.69, 9.17) is 14.5 Å². The molecule has 6 heteroatoms. The summed E-state index contributed by atoms with van der Waals surface area (Å²) in [6, 6.07) is 32.0. The number of fused-ring (bicyclic) bond motifs is 3. The molecule has 0 atom stereocenters. The first-order valence-electron chi connectivity index (χ1n) is 15.5. The average Bonchev–Trinajstić information content (AvgIpc) is 3.42. The number of hydrogen-bond donors (Lipinski definition) is 0. The summed E-state index contributed by atoms with van der Waals surface area (Å²) in [5, 5.41) is 2.48. The Kier molecular flexibility index (Phi) is 7.99. The summed E-state index contributed by atoms with van der Waals surface area (Å²) in [6.45, 7) is 4.32. The fourth-order valence-electron chi connectivity index (χ4n) is 6.67. The molecule has 4 aromatic carbocycles. The van der Waals surface area contributed by atoms with E-state index in [1.54, 1.807) is 6.20 Å². The lowest BCUT2D eigenvalue weighted by molar-refractivity contribution is 0.0588. The summed E-state index contributed by atoms with van der Waals surface area (Å²) in [4.78, 5) is 19.8. The van der Waals surface area contributed by atoms with Crippen LogP contribution in [0.5, 0.6) is 5.75 Å². The topological polar surface area (TPSA) is 56.6 Å². The Balaban J connectivity index is 0.996. The number of aromatic nitrogens is 2. The van der Waals surface area contributed by atoms with Crippen molar-refractivity contribution in [3.8, 4) is 5.75 Å². The molecule has 5 aromatic rings. The minimum atomic E-state index is -0.335. The first-order valence-corrected chi connectivity index (χ1v) is 15.5. The molecule has 7 rings (SSSR count). The summed E-state index contributed by atoms with van der Waals surface area (Å²) in [5.41, 5.74) is 8.23. The highest BCUT2D eigenvalue weighted by Crippen LogP contribution is 2.36. The summed E-state index contributed by atoms with van der Waals surface area (Å²) >= 11 is 0. The fraction of sp³-hybridized carbons (Fsp3) is 0.263. The highest BCUT2D eigenvalue weighted by Gasteiger charge is 2.28. The standard InChI is InChI=1S/C38H37N3O3/c1-43-38(42)35-25-39-37-36(34-12-5-3-8-29(34)20-24-41(35)37)30-18-22-40(23-19-30)21-17-27-13-15-32(16-14-27)44-26-31-10-6-9-28-7-2-4-11-33(28)31/h2-16,25H,17-24,26H2,1H3. The maximum atomic E-state index is 12.5.